The van der Waals surface area contributed by atoms with E-state index in [0.717, 1.165) is 5.56 Å². The first-order chi connectivity index (χ1) is 9.10. The Bertz CT molecular complexity index is 467. The number of benzene rings is 1. The van der Waals surface area contributed by atoms with Gasteiger partial charge < -0.3 is 10.1 Å². The summed E-state index contributed by atoms with van der Waals surface area (Å²) in [5.41, 5.74) is 2.35. The highest BCUT2D eigenvalue weighted by Gasteiger charge is 2.33. The molecule has 0 aliphatic carbocycles. The first-order valence-corrected chi connectivity index (χ1v) is 6.53. The maximum Gasteiger partial charge on any atom is 0.305 e. The molecule has 0 radical (unpaired) electrons. The van der Waals surface area contributed by atoms with Gasteiger partial charge in [0.05, 0.1) is 7.11 Å². The minimum atomic E-state index is -0.233. The molecule has 2 rings (SSSR count). The molecule has 2 atom stereocenters. The van der Waals surface area contributed by atoms with Gasteiger partial charge in [-0.05, 0) is 18.9 Å². The fraction of sp³-hybridized carbons (Fsp3) is 0.467. The number of hydrogen-bond acceptors (Lipinski definition) is 3. The predicted molar refractivity (Wildman–Crippen MR) is 71.7 cm³/mol. The molecule has 4 heteroatoms. The SMILES string of the molecule is COC(=O)CCC1NC(=O)CC1c1ccc(C)cc1. The molecule has 0 saturated carbocycles. The molecule has 1 saturated heterocycles. The summed E-state index contributed by atoms with van der Waals surface area (Å²) >= 11 is 0. The standard InChI is InChI=1S/C15H19NO3/c1-10-3-5-11(6-4-10)12-9-14(17)16-13(12)7-8-15(18)19-2/h3-6,12-13H,7-9H2,1-2H3,(H,16,17). The average molecular weight is 261 g/mol. The summed E-state index contributed by atoms with van der Waals surface area (Å²) < 4.78 is 4.64. The van der Waals surface area contributed by atoms with Gasteiger partial charge in [-0.2, -0.15) is 0 Å². The van der Waals surface area contributed by atoms with Crippen molar-refractivity contribution in [2.45, 2.75) is 38.1 Å². The summed E-state index contributed by atoms with van der Waals surface area (Å²) in [5, 5.41) is 2.95. The number of carbonyl (C=O) groups excluding carboxylic acids is 2. The summed E-state index contributed by atoms with van der Waals surface area (Å²) in [6.07, 6.45) is 1.45. The van der Waals surface area contributed by atoms with E-state index in [1.54, 1.807) is 0 Å². The van der Waals surface area contributed by atoms with Gasteiger partial charge in [-0.3, -0.25) is 9.59 Å². The van der Waals surface area contributed by atoms with Gasteiger partial charge in [0, 0.05) is 24.8 Å². The van der Waals surface area contributed by atoms with Gasteiger partial charge in [0.15, 0.2) is 0 Å². The first-order valence-electron chi connectivity index (χ1n) is 6.53. The van der Waals surface area contributed by atoms with Crippen molar-refractivity contribution in [2.75, 3.05) is 7.11 Å². The highest BCUT2D eigenvalue weighted by atomic mass is 16.5. The fourth-order valence-corrected chi connectivity index (χ4v) is 2.52. The van der Waals surface area contributed by atoms with Crippen molar-refractivity contribution in [1.82, 2.24) is 5.32 Å². The van der Waals surface area contributed by atoms with E-state index in [1.807, 2.05) is 6.92 Å². The number of hydrogen-bond donors (Lipinski definition) is 1. The van der Waals surface area contributed by atoms with Crippen LogP contribution in [0.2, 0.25) is 0 Å². The van der Waals surface area contributed by atoms with E-state index >= 15 is 0 Å². The zero-order chi connectivity index (χ0) is 13.8. The molecule has 2 unspecified atom stereocenters. The van der Waals surface area contributed by atoms with Crippen LogP contribution in [0.5, 0.6) is 0 Å². The monoisotopic (exact) mass is 261 g/mol. The smallest absolute Gasteiger partial charge is 0.305 e. The third-order valence-electron chi connectivity index (χ3n) is 3.63. The summed E-state index contributed by atoms with van der Waals surface area (Å²) in [6, 6.07) is 8.25. The van der Waals surface area contributed by atoms with Crippen molar-refractivity contribution >= 4 is 11.9 Å². The zero-order valence-electron chi connectivity index (χ0n) is 11.3. The Labute approximate surface area is 113 Å². The van der Waals surface area contributed by atoms with Gasteiger partial charge >= 0.3 is 5.97 Å². The lowest BCUT2D eigenvalue weighted by Crippen LogP contribution is -2.29. The number of amides is 1. The number of esters is 1. The topological polar surface area (TPSA) is 55.4 Å². The Kier molecular flexibility index (Phi) is 4.20. The number of carbonyl (C=O) groups is 2. The summed E-state index contributed by atoms with van der Waals surface area (Å²) in [7, 11) is 1.38. The van der Waals surface area contributed by atoms with Crippen molar-refractivity contribution in [3.8, 4) is 0 Å². The molecule has 1 aromatic rings. The molecule has 1 amide bonds. The molecular formula is C15H19NO3. The number of rotatable bonds is 4. The zero-order valence-corrected chi connectivity index (χ0v) is 11.3. The van der Waals surface area contributed by atoms with E-state index in [-0.39, 0.29) is 23.8 Å². The van der Waals surface area contributed by atoms with Gasteiger partial charge in [-0.25, -0.2) is 0 Å². The van der Waals surface area contributed by atoms with E-state index in [4.69, 9.17) is 0 Å². The van der Waals surface area contributed by atoms with Crippen LogP contribution >= 0.6 is 0 Å². The third-order valence-corrected chi connectivity index (χ3v) is 3.63. The summed E-state index contributed by atoms with van der Waals surface area (Å²) in [5.74, 6) is -0.0259. The van der Waals surface area contributed by atoms with E-state index in [0.29, 0.717) is 19.3 Å². The van der Waals surface area contributed by atoms with E-state index in [1.165, 1.54) is 12.7 Å². The number of nitrogens with one attached hydrogen (secondary N) is 1. The van der Waals surface area contributed by atoms with Crippen LogP contribution in [0, 0.1) is 6.92 Å². The van der Waals surface area contributed by atoms with Crippen LogP contribution in [-0.4, -0.2) is 25.0 Å². The Morgan fingerprint density at radius 1 is 1.37 bits per heavy atom. The van der Waals surface area contributed by atoms with Gasteiger partial charge in [-0.1, -0.05) is 29.8 Å². The molecule has 1 aliphatic heterocycles. The molecule has 4 nitrogen and oxygen atoms in total. The van der Waals surface area contributed by atoms with Crippen molar-refractivity contribution in [3.63, 3.8) is 0 Å². The maximum atomic E-state index is 11.6. The highest BCUT2D eigenvalue weighted by Crippen LogP contribution is 2.31. The fourth-order valence-electron chi connectivity index (χ4n) is 2.52. The largest absolute Gasteiger partial charge is 0.469 e. The quantitative estimate of drug-likeness (QED) is 0.842. The molecule has 1 aliphatic rings. The minimum absolute atomic E-state index is 0.0225. The van der Waals surface area contributed by atoms with Crippen molar-refractivity contribution in [3.05, 3.63) is 35.4 Å². The molecule has 1 fully saturated rings. The van der Waals surface area contributed by atoms with Crippen molar-refractivity contribution < 1.29 is 14.3 Å². The molecule has 102 valence electrons. The Morgan fingerprint density at radius 3 is 2.68 bits per heavy atom. The van der Waals surface area contributed by atoms with E-state index < -0.39 is 0 Å². The van der Waals surface area contributed by atoms with E-state index in [9.17, 15) is 9.59 Å². The van der Waals surface area contributed by atoms with Gasteiger partial charge in [0.1, 0.15) is 0 Å². The molecule has 19 heavy (non-hydrogen) atoms. The molecule has 0 spiro atoms. The summed E-state index contributed by atoms with van der Waals surface area (Å²) in [6.45, 7) is 2.04. The van der Waals surface area contributed by atoms with Crippen molar-refractivity contribution in [2.24, 2.45) is 0 Å². The second-order valence-electron chi connectivity index (χ2n) is 5.01. The molecule has 1 N–H and O–H groups in total. The second kappa shape index (κ2) is 5.87. The average Bonchev–Trinajstić information content (AvgIpc) is 2.78. The van der Waals surface area contributed by atoms with Crippen LogP contribution in [-0.2, 0) is 14.3 Å². The molecule has 1 aromatic carbocycles. The van der Waals surface area contributed by atoms with Gasteiger partial charge in [0.25, 0.3) is 0 Å². The number of aryl methyl sites for hydroxylation is 1. The third kappa shape index (κ3) is 3.34. The number of ether oxygens (including phenoxy) is 1. The normalized spacial score (nSPS) is 22.1. The van der Waals surface area contributed by atoms with Gasteiger partial charge in [-0.15, -0.1) is 0 Å². The minimum Gasteiger partial charge on any atom is -0.469 e. The predicted octanol–water partition coefficient (Wildman–Crippen LogP) is 1.92. The first kappa shape index (κ1) is 13.6. The lowest BCUT2D eigenvalue weighted by molar-refractivity contribution is -0.140. The Balaban J connectivity index is 2.06. The van der Waals surface area contributed by atoms with Crippen LogP contribution in [0.4, 0.5) is 0 Å². The molecular weight excluding hydrogens is 242 g/mol. The lowest BCUT2D eigenvalue weighted by Gasteiger charge is -2.18. The van der Waals surface area contributed by atoms with Crippen LogP contribution < -0.4 is 5.32 Å². The molecule has 0 bridgehead atoms. The lowest BCUT2D eigenvalue weighted by atomic mass is 9.89. The Hall–Kier alpha value is -1.84. The van der Waals surface area contributed by atoms with Gasteiger partial charge in [0.2, 0.25) is 5.91 Å². The Morgan fingerprint density at radius 2 is 2.05 bits per heavy atom. The molecule has 1 heterocycles. The van der Waals surface area contributed by atoms with Crippen LogP contribution in [0.25, 0.3) is 0 Å². The van der Waals surface area contributed by atoms with Crippen LogP contribution in [0.15, 0.2) is 24.3 Å². The molecule has 0 aromatic heterocycles. The van der Waals surface area contributed by atoms with Crippen molar-refractivity contribution in [1.29, 1.82) is 0 Å². The maximum absolute atomic E-state index is 11.6. The van der Waals surface area contributed by atoms with E-state index in [2.05, 4.69) is 34.3 Å². The van der Waals surface area contributed by atoms with Crippen LogP contribution in [0.1, 0.15) is 36.3 Å². The summed E-state index contributed by atoms with van der Waals surface area (Å²) in [4.78, 5) is 22.8. The second-order valence-corrected chi connectivity index (χ2v) is 5.01. The highest BCUT2D eigenvalue weighted by molar-refractivity contribution is 5.80. The number of methoxy groups -OCH3 is 1. The van der Waals surface area contributed by atoms with Crippen LogP contribution in [0.3, 0.4) is 0 Å².